The van der Waals surface area contributed by atoms with E-state index >= 15 is 0 Å². The molecule has 1 heterocycles. The Kier molecular flexibility index (Phi) is 3.51. The molecule has 7 heteroatoms. The first-order valence-electron chi connectivity index (χ1n) is 4.78. The molecular weight excluding hydrogens is 313 g/mol. The Morgan fingerprint density at radius 3 is 2.28 bits per heavy atom. The van der Waals surface area contributed by atoms with Gasteiger partial charge in [0.2, 0.25) is 0 Å². The Morgan fingerprint density at radius 1 is 1.06 bits per heavy atom. The second kappa shape index (κ2) is 4.93. The highest BCUT2D eigenvalue weighted by Gasteiger charge is 2.30. The summed E-state index contributed by atoms with van der Waals surface area (Å²) in [5.41, 5.74) is 1.21. The minimum absolute atomic E-state index is 0.269. The molecule has 1 aromatic heterocycles. The highest BCUT2D eigenvalue weighted by molar-refractivity contribution is 9.10. The number of hydrogen-bond donors (Lipinski definition) is 0. The van der Waals surface area contributed by atoms with Gasteiger partial charge in [-0.1, -0.05) is 0 Å². The maximum Gasteiger partial charge on any atom is 0.573 e. The van der Waals surface area contributed by atoms with E-state index < -0.39 is 6.36 Å². The number of alkyl halides is 3. The highest BCUT2D eigenvalue weighted by atomic mass is 79.9. The lowest BCUT2D eigenvalue weighted by Gasteiger charge is -2.09. The summed E-state index contributed by atoms with van der Waals surface area (Å²) in [6.07, 6.45) is -1.65. The quantitative estimate of drug-likeness (QED) is 0.844. The summed E-state index contributed by atoms with van der Waals surface area (Å²) in [5, 5.41) is 0. The number of halogens is 4. The van der Waals surface area contributed by atoms with Gasteiger partial charge < -0.3 is 4.74 Å². The van der Waals surface area contributed by atoms with Crippen LogP contribution in [-0.4, -0.2) is 16.3 Å². The molecule has 3 nitrogen and oxygen atoms in total. The third-order valence-corrected chi connectivity index (χ3v) is 2.37. The van der Waals surface area contributed by atoms with Crippen LogP contribution in [0.4, 0.5) is 13.2 Å². The van der Waals surface area contributed by atoms with Crippen LogP contribution in [0.25, 0.3) is 11.3 Å². The zero-order chi connectivity index (χ0) is 13.2. The van der Waals surface area contributed by atoms with E-state index in [1.807, 2.05) is 0 Å². The summed E-state index contributed by atoms with van der Waals surface area (Å²) in [6.45, 7) is 0. The molecule has 1 aromatic carbocycles. The second-order valence-electron chi connectivity index (χ2n) is 3.30. The van der Waals surface area contributed by atoms with E-state index in [2.05, 4.69) is 30.6 Å². The van der Waals surface area contributed by atoms with Crippen molar-refractivity contribution in [2.24, 2.45) is 0 Å². The molecule has 0 atom stereocenters. The molecule has 0 fully saturated rings. The van der Waals surface area contributed by atoms with Crippen LogP contribution in [0.5, 0.6) is 5.75 Å². The summed E-state index contributed by atoms with van der Waals surface area (Å²) in [4.78, 5) is 8.06. The normalized spacial score (nSPS) is 11.3. The van der Waals surface area contributed by atoms with Crippen LogP contribution in [0.3, 0.4) is 0 Å². The molecule has 0 saturated heterocycles. The van der Waals surface area contributed by atoms with Crippen molar-refractivity contribution >= 4 is 15.9 Å². The van der Waals surface area contributed by atoms with Gasteiger partial charge in [0, 0.05) is 5.56 Å². The van der Waals surface area contributed by atoms with Gasteiger partial charge in [-0.25, -0.2) is 4.98 Å². The molecule has 0 spiro atoms. The maximum atomic E-state index is 12.0. The summed E-state index contributed by atoms with van der Waals surface area (Å²) in [7, 11) is 0. The van der Waals surface area contributed by atoms with Crippen molar-refractivity contribution in [1.82, 2.24) is 9.97 Å². The lowest BCUT2D eigenvalue weighted by atomic mass is 10.1. The van der Waals surface area contributed by atoms with Crippen molar-refractivity contribution in [3.63, 3.8) is 0 Å². The Hall–Kier alpha value is -1.63. The van der Waals surface area contributed by atoms with Gasteiger partial charge in [0.1, 0.15) is 10.4 Å². The number of benzene rings is 1. The van der Waals surface area contributed by atoms with E-state index in [-0.39, 0.29) is 5.75 Å². The first kappa shape index (κ1) is 12.8. The molecule has 18 heavy (non-hydrogen) atoms. The van der Waals surface area contributed by atoms with Crippen LogP contribution in [0, 0.1) is 0 Å². The van der Waals surface area contributed by atoms with E-state index in [0.29, 0.717) is 15.9 Å². The van der Waals surface area contributed by atoms with E-state index in [1.54, 1.807) is 0 Å². The molecule has 0 aliphatic heterocycles. The molecule has 0 bridgehead atoms. The summed E-state index contributed by atoms with van der Waals surface area (Å²) < 4.78 is 40.2. The fourth-order valence-electron chi connectivity index (χ4n) is 1.31. The minimum atomic E-state index is -4.68. The van der Waals surface area contributed by atoms with Gasteiger partial charge in [-0.05, 0) is 40.2 Å². The minimum Gasteiger partial charge on any atom is -0.406 e. The SMILES string of the molecule is FC(F)(F)Oc1ccc(-c2cncc(Br)n2)cc1. The Bertz CT molecular complexity index is 543. The van der Waals surface area contributed by atoms with Crippen molar-refractivity contribution in [2.45, 2.75) is 6.36 Å². The molecule has 0 N–H and O–H groups in total. The topological polar surface area (TPSA) is 35.0 Å². The van der Waals surface area contributed by atoms with Gasteiger partial charge in [0.05, 0.1) is 18.1 Å². The maximum absolute atomic E-state index is 12.0. The Labute approximate surface area is 109 Å². The molecule has 0 aliphatic rings. The molecule has 0 saturated carbocycles. The molecule has 0 amide bonds. The first-order chi connectivity index (χ1) is 8.44. The van der Waals surface area contributed by atoms with Crippen LogP contribution in [-0.2, 0) is 0 Å². The average molecular weight is 319 g/mol. The van der Waals surface area contributed by atoms with E-state index in [4.69, 9.17) is 0 Å². The molecule has 0 unspecified atom stereocenters. The lowest BCUT2D eigenvalue weighted by Crippen LogP contribution is -2.16. The smallest absolute Gasteiger partial charge is 0.406 e. The Morgan fingerprint density at radius 2 is 1.72 bits per heavy atom. The van der Waals surface area contributed by atoms with Crippen molar-refractivity contribution in [2.75, 3.05) is 0 Å². The lowest BCUT2D eigenvalue weighted by molar-refractivity contribution is -0.274. The van der Waals surface area contributed by atoms with Crippen LogP contribution in [0.1, 0.15) is 0 Å². The summed E-state index contributed by atoms with van der Waals surface area (Å²) in [6, 6.07) is 5.42. The zero-order valence-corrected chi connectivity index (χ0v) is 10.4. The van der Waals surface area contributed by atoms with Crippen LogP contribution in [0.15, 0.2) is 41.3 Å². The molecule has 2 aromatic rings. The highest BCUT2D eigenvalue weighted by Crippen LogP contribution is 2.25. The summed E-state index contributed by atoms with van der Waals surface area (Å²) in [5.74, 6) is -0.269. The average Bonchev–Trinajstić information content (AvgIpc) is 2.28. The predicted molar refractivity (Wildman–Crippen MR) is 61.9 cm³/mol. The van der Waals surface area contributed by atoms with Crippen LogP contribution < -0.4 is 4.74 Å². The zero-order valence-electron chi connectivity index (χ0n) is 8.78. The van der Waals surface area contributed by atoms with E-state index in [1.165, 1.54) is 36.7 Å². The van der Waals surface area contributed by atoms with Crippen LogP contribution >= 0.6 is 15.9 Å². The molecule has 0 aliphatic carbocycles. The van der Waals surface area contributed by atoms with Crippen molar-refractivity contribution in [3.8, 4) is 17.0 Å². The number of hydrogen-bond acceptors (Lipinski definition) is 3. The van der Waals surface area contributed by atoms with Crippen molar-refractivity contribution in [1.29, 1.82) is 0 Å². The van der Waals surface area contributed by atoms with Crippen LogP contribution in [0.2, 0.25) is 0 Å². The number of ether oxygens (including phenoxy) is 1. The van der Waals surface area contributed by atoms with E-state index in [0.717, 1.165) is 0 Å². The van der Waals surface area contributed by atoms with Gasteiger partial charge in [0.15, 0.2) is 0 Å². The largest absolute Gasteiger partial charge is 0.573 e. The second-order valence-corrected chi connectivity index (χ2v) is 4.11. The molecule has 94 valence electrons. The van der Waals surface area contributed by atoms with Gasteiger partial charge in [-0.2, -0.15) is 0 Å². The molecule has 0 radical (unpaired) electrons. The Balaban J connectivity index is 2.22. The molecule has 2 rings (SSSR count). The third-order valence-electron chi connectivity index (χ3n) is 1.99. The van der Waals surface area contributed by atoms with E-state index in [9.17, 15) is 13.2 Å². The number of nitrogens with zero attached hydrogens (tertiary/aromatic N) is 2. The number of aromatic nitrogens is 2. The van der Waals surface area contributed by atoms with Crippen molar-refractivity contribution in [3.05, 3.63) is 41.3 Å². The molecular formula is C11H6BrF3N2O. The predicted octanol–water partition coefficient (Wildman–Crippen LogP) is 3.80. The van der Waals surface area contributed by atoms with Crippen molar-refractivity contribution < 1.29 is 17.9 Å². The summed E-state index contributed by atoms with van der Waals surface area (Å²) >= 11 is 3.17. The fraction of sp³-hybridized carbons (Fsp3) is 0.0909. The van der Waals surface area contributed by atoms with Gasteiger partial charge >= 0.3 is 6.36 Å². The van der Waals surface area contributed by atoms with Gasteiger partial charge in [-0.3, -0.25) is 4.98 Å². The van der Waals surface area contributed by atoms with Gasteiger partial charge in [0.25, 0.3) is 0 Å². The first-order valence-corrected chi connectivity index (χ1v) is 5.57. The third kappa shape index (κ3) is 3.43. The number of rotatable bonds is 2. The monoisotopic (exact) mass is 318 g/mol. The fourth-order valence-corrected chi connectivity index (χ4v) is 1.62. The van der Waals surface area contributed by atoms with Gasteiger partial charge in [-0.15, -0.1) is 13.2 Å². The standard InChI is InChI=1S/C11H6BrF3N2O/c12-10-6-16-5-9(17-10)7-1-3-8(4-2-7)18-11(13,14)15/h1-6H.